The molecule has 3 N–H and O–H groups in total. The van der Waals surface area contributed by atoms with E-state index in [0.717, 1.165) is 22.2 Å². The van der Waals surface area contributed by atoms with E-state index in [2.05, 4.69) is 29.5 Å². The molecule has 4 rings (SSSR count). The maximum absolute atomic E-state index is 12.6. The number of amides is 1. The van der Waals surface area contributed by atoms with Crippen LogP contribution in [0, 0.1) is 13.8 Å². The van der Waals surface area contributed by atoms with E-state index in [1.54, 1.807) is 18.2 Å². The van der Waals surface area contributed by atoms with E-state index < -0.39 is 0 Å². The van der Waals surface area contributed by atoms with E-state index in [9.17, 15) is 9.90 Å². The number of anilines is 1. The molecule has 0 aliphatic carbocycles. The lowest BCUT2D eigenvalue weighted by molar-refractivity contribution is 0.0977. The van der Waals surface area contributed by atoms with Crippen molar-refractivity contribution in [2.45, 2.75) is 33.6 Å². The molecule has 3 aromatic carbocycles. The number of aromatic hydroxyl groups is 1. The first kappa shape index (κ1) is 22.5. The molecule has 33 heavy (non-hydrogen) atoms. The molecule has 0 bridgehead atoms. The minimum atomic E-state index is -0.288. The topological polar surface area (TPSA) is 87.4 Å². The first-order valence-corrected chi connectivity index (χ1v) is 11.1. The van der Waals surface area contributed by atoms with E-state index in [4.69, 9.17) is 16.6 Å². The second-order valence-corrected chi connectivity index (χ2v) is 8.77. The number of thiocarbonyl (C=S) groups is 1. The van der Waals surface area contributed by atoms with Crippen LogP contribution >= 0.6 is 12.2 Å². The Morgan fingerprint density at radius 3 is 2.58 bits per heavy atom. The van der Waals surface area contributed by atoms with Crippen LogP contribution in [0.3, 0.4) is 0 Å². The van der Waals surface area contributed by atoms with Gasteiger partial charge in [0.2, 0.25) is 5.89 Å². The fourth-order valence-electron chi connectivity index (χ4n) is 3.61. The molecule has 7 heteroatoms. The summed E-state index contributed by atoms with van der Waals surface area (Å²) in [6.07, 6.45) is 0. The number of phenols is 1. The van der Waals surface area contributed by atoms with E-state index in [1.807, 2.05) is 44.2 Å². The van der Waals surface area contributed by atoms with Crippen LogP contribution in [0.25, 0.3) is 22.6 Å². The number of hydrogen-bond donors (Lipinski definition) is 3. The van der Waals surface area contributed by atoms with Crippen molar-refractivity contribution in [1.29, 1.82) is 0 Å². The van der Waals surface area contributed by atoms with Gasteiger partial charge in [0.05, 0.1) is 5.56 Å². The van der Waals surface area contributed by atoms with Crippen molar-refractivity contribution in [3.8, 4) is 17.2 Å². The highest BCUT2D eigenvalue weighted by Gasteiger charge is 2.16. The summed E-state index contributed by atoms with van der Waals surface area (Å²) in [5.74, 6) is 0.415. The lowest BCUT2D eigenvalue weighted by Crippen LogP contribution is -2.34. The molecule has 6 nitrogen and oxygen atoms in total. The van der Waals surface area contributed by atoms with Gasteiger partial charge in [-0.2, -0.15) is 0 Å². The van der Waals surface area contributed by atoms with Crippen molar-refractivity contribution >= 4 is 40.0 Å². The molecule has 0 unspecified atom stereocenters. The molecule has 0 radical (unpaired) electrons. The quantitative estimate of drug-likeness (QED) is 0.254. The number of fused-ring (bicyclic) bond motifs is 1. The Kier molecular flexibility index (Phi) is 6.16. The van der Waals surface area contributed by atoms with Crippen molar-refractivity contribution in [3.05, 3.63) is 76.9 Å². The van der Waals surface area contributed by atoms with Gasteiger partial charge in [0.25, 0.3) is 5.91 Å². The van der Waals surface area contributed by atoms with Gasteiger partial charge in [-0.25, -0.2) is 4.98 Å². The number of hydrogen-bond acceptors (Lipinski definition) is 5. The van der Waals surface area contributed by atoms with Gasteiger partial charge in [-0.15, -0.1) is 0 Å². The molecule has 168 valence electrons. The lowest BCUT2D eigenvalue weighted by Gasteiger charge is -2.12. The van der Waals surface area contributed by atoms with E-state index >= 15 is 0 Å². The number of oxazole rings is 1. The molecule has 0 aliphatic rings. The molecule has 1 amide bonds. The molecule has 1 heterocycles. The highest BCUT2D eigenvalue weighted by Crippen LogP contribution is 2.34. The predicted molar refractivity (Wildman–Crippen MR) is 135 cm³/mol. The number of nitrogens with zero attached hydrogens (tertiary/aromatic N) is 1. The van der Waals surface area contributed by atoms with Crippen LogP contribution in [-0.4, -0.2) is 21.1 Å². The number of carbonyl (C=O) groups is 1. The van der Waals surface area contributed by atoms with E-state index in [1.165, 1.54) is 6.07 Å². The molecule has 1 aromatic heterocycles. The Morgan fingerprint density at radius 1 is 1.06 bits per heavy atom. The first-order chi connectivity index (χ1) is 15.7. The monoisotopic (exact) mass is 459 g/mol. The normalized spacial score (nSPS) is 11.1. The third-order valence-corrected chi connectivity index (χ3v) is 5.62. The van der Waals surface area contributed by atoms with E-state index in [0.29, 0.717) is 34.2 Å². The van der Waals surface area contributed by atoms with Gasteiger partial charge in [-0.3, -0.25) is 10.1 Å². The Morgan fingerprint density at radius 2 is 1.85 bits per heavy atom. The lowest BCUT2D eigenvalue weighted by atomic mass is 10.0. The summed E-state index contributed by atoms with van der Waals surface area (Å²) in [7, 11) is 0. The maximum atomic E-state index is 12.6. The fraction of sp³-hybridized carbons (Fsp3) is 0.192. The van der Waals surface area contributed by atoms with Crippen LogP contribution in [0.1, 0.15) is 46.8 Å². The minimum Gasteiger partial charge on any atom is -0.507 e. The number of nitrogens with one attached hydrogen (secondary N) is 2. The molecule has 0 saturated heterocycles. The van der Waals surface area contributed by atoms with Crippen LogP contribution in [0.4, 0.5) is 5.69 Å². The number of aryl methyl sites for hydroxylation is 2. The maximum Gasteiger partial charge on any atom is 0.257 e. The smallest absolute Gasteiger partial charge is 0.257 e. The van der Waals surface area contributed by atoms with Crippen molar-refractivity contribution in [3.63, 3.8) is 0 Å². The van der Waals surface area contributed by atoms with Gasteiger partial charge in [0.1, 0.15) is 11.3 Å². The van der Waals surface area contributed by atoms with Gasteiger partial charge in [-0.05, 0) is 79.5 Å². The van der Waals surface area contributed by atoms with Crippen molar-refractivity contribution in [2.75, 3.05) is 5.32 Å². The summed E-state index contributed by atoms with van der Waals surface area (Å²) in [6, 6.07) is 16.4. The Bertz CT molecular complexity index is 1370. The van der Waals surface area contributed by atoms with Crippen LogP contribution in [0.2, 0.25) is 0 Å². The van der Waals surface area contributed by atoms with Gasteiger partial charge in [0.15, 0.2) is 10.7 Å². The van der Waals surface area contributed by atoms with Crippen molar-refractivity contribution < 1.29 is 14.3 Å². The number of carbonyl (C=O) groups excluding carboxylic acids is 1. The molecular formula is C26H25N3O3S. The zero-order chi connectivity index (χ0) is 23.7. The minimum absolute atomic E-state index is 0.0291. The summed E-state index contributed by atoms with van der Waals surface area (Å²) < 4.78 is 5.87. The summed E-state index contributed by atoms with van der Waals surface area (Å²) >= 11 is 5.32. The largest absolute Gasteiger partial charge is 0.507 e. The standard InChI is InChI=1S/C26H25N3O3S/c1-14(2)17-6-10-23-21(12-17)28-25(32-23)20-13-18(7-9-22(20)30)27-26(33)29-24(31)19-8-5-15(3)11-16(19)4/h5-14,30H,1-4H3,(H2,27,29,31,33). The van der Waals surface area contributed by atoms with Crippen LogP contribution in [-0.2, 0) is 0 Å². The molecule has 0 spiro atoms. The predicted octanol–water partition coefficient (Wildman–Crippen LogP) is 6.07. The molecular weight excluding hydrogens is 434 g/mol. The van der Waals surface area contributed by atoms with Gasteiger partial charge >= 0.3 is 0 Å². The molecule has 4 aromatic rings. The SMILES string of the molecule is Cc1ccc(C(=O)NC(=S)Nc2ccc(O)c(-c3nc4cc(C(C)C)ccc4o3)c2)c(C)c1. The molecule has 0 atom stereocenters. The number of benzene rings is 3. The summed E-state index contributed by atoms with van der Waals surface area (Å²) in [4.78, 5) is 17.1. The average molecular weight is 460 g/mol. The fourth-order valence-corrected chi connectivity index (χ4v) is 3.82. The van der Waals surface area contributed by atoms with Gasteiger partial charge in [0, 0.05) is 11.3 Å². The average Bonchev–Trinajstić information content (AvgIpc) is 3.18. The summed E-state index contributed by atoms with van der Waals surface area (Å²) in [6.45, 7) is 8.09. The second kappa shape index (κ2) is 9.03. The molecule has 0 saturated carbocycles. The number of aromatic nitrogens is 1. The molecule has 0 fully saturated rings. The number of rotatable bonds is 4. The van der Waals surface area contributed by atoms with Crippen molar-refractivity contribution in [1.82, 2.24) is 10.3 Å². The van der Waals surface area contributed by atoms with E-state index in [-0.39, 0.29) is 16.8 Å². The Labute approximate surface area is 197 Å². The zero-order valence-corrected chi connectivity index (χ0v) is 19.7. The van der Waals surface area contributed by atoms with Gasteiger partial charge < -0.3 is 14.8 Å². The molecule has 0 aliphatic heterocycles. The first-order valence-electron chi connectivity index (χ1n) is 10.6. The van der Waals surface area contributed by atoms with Crippen LogP contribution in [0.5, 0.6) is 5.75 Å². The Balaban J connectivity index is 1.54. The Hall–Kier alpha value is -3.71. The third-order valence-electron chi connectivity index (χ3n) is 5.42. The summed E-state index contributed by atoms with van der Waals surface area (Å²) in [5.41, 5.74) is 6.05. The second-order valence-electron chi connectivity index (χ2n) is 8.36. The van der Waals surface area contributed by atoms with Crippen LogP contribution < -0.4 is 10.6 Å². The summed E-state index contributed by atoms with van der Waals surface area (Å²) in [5, 5.41) is 16.2. The third kappa shape index (κ3) is 4.88. The highest BCUT2D eigenvalue weighted by atomic mass is 32.1. The highest BCUT2D eigenvalue weighted by molar-refractivity contribution is 7.80. The van der Waals surface area contributed by atoms with Crippen LogP contribution in [0.15, 0.2) is 59.0 Å². The van der Waals surface area contributed by atoms with Crippen molar-refractivity contribution in [2.24, 2.45) is 0 Å². The van der Waals surface area contributed by atoms with Gasteiger partial charge in [-0.1, -0.05) is 37.6 Å². The zero-order valence-electron chi connectivity index (χ0n) is 18.9. The number of phenolic OH excluding ortho intramolecular Hbond substituents is 1.